The summed E-state index contributed by atoms with van der Waals surface area (Å²) in [5, 5.41) is 0. The number of carbonyl (C=O) groups is 2. The van der Waals surface area contributed by atoms with Crippen LogP contribution in [0.2, 0.25) is 0 Å². The zero-order valence-corrected chi connectivity index (χ0v) is 11.5. The molecule has 0 saturated carbocycles. The molecular weight excluding hydrogens is 273 g/mol. The molecule has 0 aromatic heterocycles. The topological polar surface area (TPSA) is 46.6 Å². The van der Waals surface area contributed by atoms with Crippen molar-refractivity contribution in [2.75, 3.05) is 12.0 Å². The third-order valence-electron chi connectivity index (χ3n) is 3.56. The molecule has 4 nitrogen and oxygen atoms in total. The second kappa shape index (κ2) is 4.70. The van der Waals surface area contributed by atoms with Crippen molar-refractivity contribution in [1.82, 2.24) is 0 Å². The number of methoxy groups -OCH3 is 1. The number of imide groups is 1. The Kier molecular flexibility index (Phi) is 2.97. The van der Waals surface area contributed by atoms with Gasteiger partial charge in [0.2, 0.25) is 0 Å². The van der Waals surface area contributed by atoms with Gasteiger partial charge in [-0.05, 0) is 31.2 Å². The SMILES string of the molecule is COc1c(N2C(=O)c3ccccc3C2=O)ccc(F)c1C. The maximum atomic E-state index is 13.6. The first-order valence-corrected chi connectivity index (χ1v) is 6.37. The molecule has 0 fully saturated rings. The summed E-state index contributed by atoms with van der Waals surface area (Å²) in [4.78, 5) is 25.9. The zero-order chi connectivity index (χ0) is 15.1. The molecule has 2 amide bonds. The molecule has 0 atom stereocenters. The number of nitrogens with zero attached hydrogens (tertiary/aromatic N) is 1. The fraction of sp³-hybridized carbons (Fsp3) is 0.125. The summed E-state index contributed by atoms with van der Waals surface area (Å²) in [5.41, 5.74) is 1.19. The second-order valence-electron chi connectivity index (χ2n) is 4.72. The molecular formula is C16H12FNO3. The average Bonchev–Trinajstić information content (AvgIpc) is 2.74. The molecule has 3 rings (SSSR count). The van der Waals surface area contributed by atoms with Crippen molar-refractivity contribution in [3.05, 3.63) is 58.9 Å². The molecule has 1 aliphatic heterocycles. The Morgan fingerprint density at radius 2 is 1.57 bits per heavy atom. The molecule has 0 bridgehead atoms. The summed E-state index contributed by atoms with van der Waals surface area (Å²) < 4.78 is 18.8. The fourth-order valence-electron chi connectivity index (χ4n) is 2.50. The quantitative estimate of drug-likeness (QED) is 0.797. The third kappa shape index (κ3) is 1.81. The number of hydrogen-bond acceptors (Lipinski definition) is 3. The van der Waals surface area contributed by atoms with Crippen LogP contribution < -0.4 is 9.64 Å². The molecule has 0 saturated heterocycles. The normalized spacial score (nSPS) is 13.6. The van der Waals surface area contributed by atoms with Gasteiger partial charge in [-0.3, -0.25) is 9.59 Å². The molecule has 0 spiro atoms. The first-order chi connectivity index (χ1) is 10.1. The van der Waals surface area contributed by atoms with Gasteiger partial charge < -0.3 is 4.74 Å². The third-order valence-corrected chi connectivity index (χ3v) is 3.56. The number of anilines is 1. The zero-order valence-electron chi connectivity index (χ0n) is 11.5. The van der Waals surface area contributed by atoms with Crippen LogP contribution in [0.1, 0.15) is 26.3 Å². The number of carbonyl (C=O) groups excluding carboxylic acids is 2. The molecule has 1 heterocycles. The van der Waals surface area contributed by atoms with Gasteiger partial charge in [0.15, 0.2) is 0 Å². The maximum absolute atomic E-state index is 13.6. The Balaban J connectivity index is 2.18. The van der Waals surface area contributed by atoms with Crippen LogP contribution in [-0.4, -0.2) is 18.9 Å². The number of amides is 2. The van der Waals surface area contributed by atoms with Crippen molar-refractivity contribution < 1.29 is 18.7 Å². The average molecular weight is 285 g/mol. The lowest BCUT2D eigenvalue weighted by Crippen LogP contribution is -2.30. The van der Waals surface area contributed by atoms with Crippen molar-refractivity contribution in [2.24, 2.45) is 0 Å². The summed E-state index contributed by atoms with van der Waals surface area (Å²) >= 11 is 0. The van der Waals surface area contributed by atoms with Gasteiger partial charge in [-0.1, -0.05) is 12.1 Å². The first kappa shape index (κ1) is 13.3. The van der Waals surface area contributed by atoms with Crippen molar-refractivity contribution in [3.63, 3.8) is 0 Å². The summed E-state index contributed by atoms with van der Waals surface area (Å²) in [7, 11) is 1.38. The van der Waals surface area contributed by atoms with Crippen molar-refractivity contribution in [1.29, 1.82) is 0 Å². The number of benzene rings is 2. The van der Waals surface area contributed by atoms with Crippen LogP contribution in [0.5, 0.6) is 5.75 Å². The lowest BCUT2D eigenvalue weighted by atomic mass is 10.1. The molecule has 0 aliphatic carbocycles. The van der Waals surface area contributed by atoms with E-state index in [0.29, 0.717) is 11.1 Å². The van der Waals surface area contributed by atoms with Crippen LogP contribution in [0.15, 0.2) is 36.4 Å². The van der Waals surface area contributed by atoms with Gasteiger partial charge in [0.25, 0.3) is 11.8 Å². The van der Waals surface area contributed by atoms with E-state index in [0.717, 1.165) is 4.90 Å². The van der Waals surface area contributed by atoms with E-state index in [4.69, 9.17) is 4.74 Å². The van der Waals surface area contributed by atoms with Crippen LogP contribution in [-0.2, 0) is 0 Å². The molecule has 0 N–H and O–H groups in total. The molecule has 2 aromatic rings. The number of ether oxygens (including phenoxy) is 1. The van der Waals surface area contributed by atoms with Crippen LogP contribution in [0.3, 0.4) is 0 Å². The lowest BCUT2D eigenvalue weighted by Gasteiger charge is -2.19. The first-order valence-electron chi connectivity index (χ1n) is 6.37. The Labute approximate surface area is 120 Å². The highest BCUT2D eigenvalue weighted by molar-refractivity contribution is 6.34. The van der Waals surface area contributed by atoms with Crippen molar-refractivity contribution in [2.45, 2.75) is 6.92 Å². The Bertz CT molecular complexity index is 735. The summed E-state index contributed by atoms with van der Waals surface area (Å²) in [5.74, 6) is -1.13. The maximum Gasteiger partial charge on any atom is 0.266 e. The van der Waals surface area contributed by atoms with Gasteiger partial charge in [0.05, 0.1) is 23.9 Å². The van der Waals surface area contributed by atoms with E-state index >= 15 is 0 Å². The molecule has 1 aliphatic rings. The Morgan fingerprint density at radius 1 is 1.00 bits per heavy atom. The Morgan fingerprint density at radius 3 is 2.10 bits per heavy atom. The highest BCUT2D eigenvalue weighted by Gasteiger charge is 2.38. The molecule has 21 heavy (non-hydrogen) atoms. The second-order valence-corrected chi connectivity index (χ2v) is 4.72. The molecule has 0 radical (unpaired) electrons. The summed E-state index contributed by atoms with van der Waals surface area (Å²) in [6, 6.07) is 9.18. The molecule has 5 heteroatoms. The number of hydrogen-bond donors (Lipinski definition) is 0. The smallest absolute Gasteiger partial charge is 0.266 e. The van der Waals surface area contributed by atoms with Gasteiger partial charge in [0, 0.05) is 5.56 Å². The molecule has 106 valence electrons. The van der Waals surface area contributed by atoms with E-state index in [-0.39, 0.29) is 17.0 Å². The fourth-order valence-corrected chi connectivity index (χ4v) is 2.50. The van der Waals surface area contributed by atoms with E-state index in [1.165, 1.54) is 26.2 Å². The Hall–Kier alpha value is -2.69. The summed E-state index contributed by atoms with van der Waals surface area (Å²) in [6.07, 6.45) is 0. The number of halogens is 1. The van der Waals surface area contributed by atoms with E-state index in [1.54, 1.807) is 24.3 Å². The summed E-state index contributed by atoms with van der Waals surface area (Å²) in [6.45, 7) is 1.54. The largest absolute Gasteiger partial charge is 0.494 e. The van der Waals surface area contributed by atoms with Crippen LogP contribution in [0.4, 0.5) is 10.1 Å². The van der Waals surface area contributed by atoms with E-state index in [9.17, 15) is 14.0 Å². The predicted molar refractivity (Wildman–Crippen MR) is 75.3 cm³/mol. The highest BCUT2D eigenvalue weighted by atomic mass is 19.1. The monoisotopic (exact) mass is 285 g/mol. The van der Waals surface area contributed by atoms with E-state index < -0.39 is 17.6 Å². The minimum Gasteiger partial charge on any atom is -0.494 e. The minimum atomic E-state index is -0.452. The standard InChI is InChI=1S/C16H12FNO3/c1-9-12(17)7-8-13(14(9)21-2)18-15(19)10-5-3-4-6-11(10)16(18)20/h3-8H,1-2H3. The highest BCUT2D eigenvalue weighted by Crippen LogP contribution is 2.37. The van der Waals surface area contributed by atoms with Crippen LogP contribution in [0.25, 0.3) is 0 Å². The van der Waals surface area contributed by atoms with Gasteiger partial charge in [-0.25, -0.2) is 9.29 Å². The van der Waals surface area contributed by atoms with Crippen LogP contribution in [0, 0.1) is 12.7 Å². The van der Waals surface area contributed by atoms with E-state index in [2.05, 4.69) is 0 Å². The number of fused-ring (bicyclic) bond motifs is 1. The van der Waals surface area contributed by atoms with Crippen LogP contribution >= 0.6 is 0 Å². The minimum absolute atomic E-state index is 0.185. The van der Waals surface area contributed by atoms with Gasteiger partial charge >= 0.3 is 0 Å². The lowest BCUT2D eigenvalue weighted by molar-refractivity contribution is 0.0925. The number of rotatable bonds is 2. The van der Waals surface area contributed by atoms with Crippen molar-refractivity contribution >= 4 is 17.5 Å². The van der Waals surface area contributed by atoms with Gasteiger partial charge in [-0.15, -0.1) is 0 Å². The van der Waals surface area contributed by atoms with Crippen molar-refractivity contribution in [3.8, 4) is 5.75 Å². The molecule has 2 aromatic carbocycles. The molecule has 0 unspecified atom stereocenters. The van der Waals surface area contributed by atoms with E-state index in [1.807, 2.05) is 0 Å². The van der Waals surface area contributed by atoms with Gasteiger partial charge in [0.1, 0.15) is 11.6 Å². The van der Waals surface area contributed by atoms with Gasteiger partial charge in [-0.2, -0.15) is 0 Å². The predicted octanol–water partition coefficient (Wildman–Crippen LogP) is 2.94.